The normalized spacial score (nSPS) is 22.4. The van der Waals surface area contributed by atoms with Crippen LogP contribution in [0.4, 0.5) is 0 Å². The molecule has 1 aromatic rings. The molecule has 0 saturated heterocycles. The van der Waals surface area contributed by atoms with E-state index < -0.39 is 0 Å². The van der Waals surface area contributed by atoms with Gasteiger partial charge in [0.1, 0.15) is 0 Å². The standard InChI is InChI=1S/C14H16.C2H6/c1-2-14(11-7-4-8-12-14)13-9-5-3-6-10-13;1-2/h3-11H,2,12H2,1H3;1-2H3. The molecule has 1 aliphatic rings. The van der Waals surface area contributed by atoms with E-state index in [0.29, 0.717) is 0 Å². The zero-order valence-corrected chi connectivity index (χ0v) is 10.6. The summed E-state index contributed by atoms with van der Waals surface area (Å²) in [5.74, 6) is 0. The molecule has 0 heterocycles. The van der Waals surface area contributed by atoms with Crippen LogP contribution in [0.15, 0.2) is 54.6 Å². The highest BCUT2D eigenvalue weighted by Crippen LogP contribution is 2.35. The zero-order valence-electron chi connectivity index (χ0n) is 10.6. The first kappa shape index (κ1) is 12.8. The van der Waals surface area contributed by atoms with Crippen molar-refractivity contribution in [3.05, 3.63) is 60.2 Å². The molecule has 0 aliphatic heterocycles. The van der Waals surface area contributed by atoms with Crippen molar-refractivity contribution in [2.75, 3.05) is 0 Å². The lowest BCUT2D eigenvalue weighted by Gasteiger charge is -2.30. The van der Waals surface area contributed by atoms with Crippen LogP contribution >= 0.6 is 0 Å². The summed E-state index contributed by atoms with van der Waals surface area (Å²) in [6.07, 6.45) is 11.2. The van der Waals surface area contributed by atoms with Gasteiger partial charge in [0.2, 0.25) is 0 Å². The Labute approximate surface area is 99.7 Å². The van der Waals surface area contributed by atoms with E-state index in [2.05, 4.69) is 61.6 Å². The predicted octanol–water partition coefficient (Wildman–Crippen LogP) is 4.88. The van der Waals surface area contributed by atoms with Crippen LogP contribution < -0.4 is 0 Å². The van der Waals surface area contributed by atoms with Gasteiger partial charge in [0.05, 0.1) is 0 Å². The molecule has 1 atom stereocenters. The van der Waals surface area contributed by atoms with Crippen LogP contribution in [0.5, 0.6) is 0 Å². The molecule has 86 valence electrons. The Morgan fingerprint density at radius 3 is 2.25 bits per heavy atom. The second-order valence-electron chi connectivity index (χ2n) is 3.87. The van der Waals surface area contributed by atoms with Crippen molar-refractivity contribution in [2.45, 2.75) is 39.0 Å². The average molecular weight is 214 g/mol. The van der Waals surface area contributed by atoms with Crippen LogP contribution in [0.3, 0.4) is 0 Å². The third-order valence-electron chi connectivity index (χ3n) is 3.12. The largest absolute Gasteiger partial charge is 0.0833 e. The summed E-state index contributed by atoms with van der Waals surface area (Å²) in [4.78, 5) is 0. The maximum absolute atomic E-state index is 2.34. The molecule has 0 fully saturated rings. The van der Waals surface area contributed by atoms with Gasteiger partial charge in [-0.25, -0.2) is 0 Å². The van der Waals surface area contributed by atoms with Crippen LogP contribution in [-0.4, -0.2) is 0 Å². The van der Waals surface area contributed by atoms with Crippen LogP contribution in [-0.2, 0) is 5.41 Å². The van der Waals surface area contributed by atoms with Crippen LogP contribution in [0.2, 0.25) is 0 Å². The van der Waals surface area contributed by atoms with Crippen LogP contribution in [0.25, 0.3) is 0 Å². The first-order valence-corrected chi connectivity index (χ1v) is 6.27. The van der Waals surface area contributed by atoms with Gasteiger partial charge >= 0.3 is 0 Å². The van der Waals surface area contributed by atoms with E-state index in [1.54, 1.807) is 0 Å². The van der Waals surface area contributed by atoms with Gasteiger partial charge < -0.3 is 0 Å². The van der Waals surface area contributed by atoms with E-state index in [-0.39, 0.29) is 5.41 Å². The molecular weight excluding hydrogens is 192 g/mol. The number of hydrogen-bond donors (Lipinski definition) is 0. The molecule has 16 heavy (non-hydrogen) atoms. The summed E-state index contributed by atoms with van der Waals surface area (Å²) in [6.45, 7) is 6.26. The molecule has 1 aliphatic carbocycles. The molecule has 0 radical (unpaired) electrons. The van der Waals surface area contributed by atoms with E-state index in [1.165, 1.54) is 5.56 Å². The third-order valence-corrected chi connectivity index (χ3v) is 3.12. The quantitative estimate of drug-likeness (QED) is 0.658. The Kier molecular flexibility index (Phi) is 5.04. The van der Waals surface area contributed by atoms with Crippen molar-refractivity contribution < 1.29 is 0 Å². The first-order chi connectivity index (χ1) is 7.87. The molecule has 1 unspecified atom stereocenters. The highest BCUT2D eigenvalue weighted by molar-refractivity contribution is 5.35. The van der Waals surface area contributed by atoms with Gasteiger partial charge in [0.25, 0.3) is 0 Å². The van der Waals surface area contributed by atoms with Crippen molar-refractivity contribution >= 4 is 0 Å². The van der Waals surface area contributed by atoms with Gasteiger partial charge in [0, 0.05) is 5.41 Å². The predicted molar refractivity (Wildman–Crippen MR) is 72.7 cm³/mol. The summed E-state index contributed by atoms with van der Waals surface area (Å²) in [5.41, 5.74) is 1.68. The topological polar surface area (TPSA) is 0 Å². The van der Waals surface area contributed by atoms with Gasteiger partial charge in [-0.1, -0.05) is 75.4 Å². The molecule has 1 aromatic carbocycles. The maximum atomic E-state index is 2.34. The lowest BCUT2D eigenvalue weighted by molar-refractivity contribution is 0.518. The molecule has 0 heteroatoms. The van der Waals surface area contributed by atoms with Gasteiger partial charge in [-0.3, -0.25) is 0 Å². The van der Waals surface area contributed by atoms with Gasteiger partial charge in [-0.05, 0) is 18.4 Å². The number of rotatable bonds is 2. The monoisotopic (exact) mass is 214 g/mol. The Bertz CT molecular complexity index is 346. The highest BCUT2D eigenvalue weighted by atomic mass is 14.3. The lowest BCUT2D eigenvalue weighted by atomic mass is 9.73. The minimum atomic E-state index is 0.246. The van der Waals surface area contributed by atoms with E-state index in [0.717, 1.165) is 12.8 Å². The summed E-state index contributed by atoms with van der Waals surface area (Å²) in [7, 11) is 0. The SMILES string of the molecule is CC.CCC1(c2ccccc2)C=CC=CC1. The second kappa shape index (κ2) is 6.32. The molecule has 2 rings (SSSR count). The first-order valence-electron chi connectivity index (χ1n) is 6.27. The molecule has 0 saturated carbocycles. The van der Waals surface area contributed by atoms with Gasteiger partial charge in [-0.15, -0.1) is 0 Å². The summed E-state index contributed by atoms with van der Waals surface area (Å²) in [6, 6.07) is 10.8. The van der Waals surface area contributed by atoms with Crippen molar-refractivity contribution in [3.8, 4) is 0 Å². The second-order valence-corrected chi connectivity index (χ2v) is 3.87. The number of hydrogen-bond acceptors (Lipinski definition) is 0. The molecule has 0 N–H and O–H groups in total. The molecule has 0 bridgehead atoms. The fourth-order valence-corrected chi connectivity index (χ4v) is 2.12. The minimum Gasteiger partial charge on any atom is -0.0833 e. The third kappa shape index (κ3) is 2.63. The Hall–Kier alpha value is -1.30. The fraction of sp³-hybridized carbons (Fsp3) is 0.375. The summed E-state index contributed by atoms with van der Waals surface area (Å²) >= 11 is 0. The van der Waals surface area contributed by atoms with Gasteiger partial charge in [-0.2, -0.15) is 0 Å². The smallest absolute Gasteiger partial charge is 0.0167 e. The molecular formula is C16H22. The zero-order chi connectivity index (χ0) is 11.9. The average Bonchev–Trinajstić information content (AvgIpc) is 2.43. The molecule has 0 spiro atoms. The van der Waals surface area contributed by atoms with E-state index in [4.69, 9.17) is 0 Å². The Morgan fingerprint density at radius 2 is 1.75 bits per heavy atom. The van der Waals surface area contributed by atoms with Gasteiger partial charge in [0.15, 0.2) is 0 Å². The summed E-state index contributed by atoms with van der Waals surface area (Å²) in [5, 5.41) is 0. The van der Waals surface area contributed by atoms with Crippen LogP contribution in [0, 0.1) is 0 Å². The van der Waals surface area contributed by atoms with E-state index >= 15 is 0 Å². The lowest BCUT2D eigenvalue weighted by Crippen LogP contribution is -2.22. The van der Waals surface area contributed by atoms with E-state index in [9.17, 15) is 0 Å². The highest BCUT2D eigenvalue weighted by Gasteiger charge is 2.26. The van der Waals surface area contributed by atoms with Crippen molar-refractivity contribution in [3.63, 3.8) is 0 Å². The Balaban J connectivity index is 0.000000606. The Morgan fingerprint density at radius 1 is 1.06 bits per heavy atom. The molecule has 0 aromatic heterocycles. The number of benzene rings is 1. The minimum absolute atomic E-state index is 0.246. The number of allylic oxidation sites excluding steroid dienone is 4. The maximum Gasteiger partial charge on any atom is 0.0167 e. The van der Waals surface area contributed by atoms with Crippen molar-refractivity contribution in [2.24, 2.45) is 0 Å². The van der Waals surface area contributed by atoms with E-state index in [1.807, 2.05) is 13.8 Å². The van der Waals surface area contributed by atoms with Crippen LogP contribution in [0.1, 0.15) is 39.2 Å². The summed E-state index contributed by atoms with van der Waals surface area (Å²) < 4.78 is 0. The van der Waals surface area contributed by atoms with Crippen molar-refractivity contribution in [1.82, 2.24) is 0 Å². The fourth-order valence-electron chi connectivity index (χ4n) is 2.12. The van der Waals surface area contributed by atoms with Crippen molar-refractivity contribution in [1.29, 1.82) is 0 Å². The molecule has 0 amide bonds. The molecule has 0 nitrogen and oxygen atoms in total.